The summed E-state index contributed by atoms with van der Waals surface area (Å²) in [5, 5.41) is 16.4. The molecule has 7 nitrogen and oxygen atoms in total. The van der Waals surface area contributed by atoms with E-state index in [1.165, 1.54) is 0 Å². The largest absolute Gasteiger partial charge is 0.508 e. The smallest absolute Gasteiger partial charge is 0.450 e. The molecule has 13 heavy (non-hydrogen) atoms. The Morgan fingerprint density at radius 2 is 1.46 bits per heavy atom. The van der Waals surface area contributed by atoms with E-state index in [1.807, 2.05) is 0 Å². The Hall–Kier alpha value is -1.50. The summed E-state index contributed by atoms with van der Waals surface area (Å²) in [6.07, 6.45) is -4.18. The Morgan fingerprint density at radius 1 is 1.08 bits per heavy atom. The molecule has 0 amide bonds. The first-order valence-corrected chi connectivity index (χ1v) is 3.52. The summed E-state index contributed by atoms with van der Waals surface area (Å²) in [6.45, 7) is 0. The summed E-state index contributed by atoms with van der Waals surface area (Å²) >= 11 is 0. The Balaban J connectivity index is 2.27. The van der Waals surface area contributed by atoms with Crippen LogP contribution in [0.5, 0.6) is 0 Å². The summed E-state index contributed by atoms with van der Waals surface area (Å²) < 4.78 is 13.3. The van der Waals surface area contributed by atoms with Crippen LogP contribution in [0.4, 0.5) is 9.59 Å². The van der Waals surface area contributed by atoms with E-state index in [4.69, 9.17) is 14.9 Å². The van der Waals surface area contributed by atoms with Crippen LogP contribution in [0.25, 0.3) is 0 Å². The SMILES string of the molecule is O=C(O)O[C@H]1CC[C@@H](OC(=O)O)O1. The molecule has 0 unspecified atom stereocenters. The highest BCUT2D eigenvalue weighted by atomic mass is 16.8. The van der Waals surface area contributed by atoms with Gasteiger partial charge < -0.3 is 24.4 Å². The van der Waals surface area contributed by atoms with E-state index in [9.17, 15) is 9.59 Å². The molecule has 7 heteroatoms. The van der Waals surface area contributed by atoms with Gasteiger partial charge in [0, 0.05) is 12.8 Å². The molecule has 1 aliphatic rings. The molecule has 0 aromatic heterocycles. The molecule has 2 atom stereocenters. The van der Waals surface area contributed by atoms with Crippen LogP contribution in [0.3, 0.4) is 0 Å². The first kappa shape index (κ1) is 9.59. The van der Waals surface area contributed by atoms with Crippen molar-refractivity contribution in [1.82, 2.24) is 0 Å². The minimum Gasteiger partial charge on any atom is -0.450 e. The second-order valence-corrected chi connectivity index (χ2v) is 2.34. The van der Waals surface area contributed by atoms with Crippen molar-refractivity contribution < 1.29 is 34.0 Å². The van der Waals surface area contributed by atoms with E-state index < -0.39 is 24.9 Å². The first-order chi connectivity index (χ1) is 6.08. The zero-order valence-electron chi connectivity index (χ0n) is 6.50. The third kappa shape index (κ3) is 3.16. The maximum Gasteiger partial charge on any atom is 0.508 e. The van der Waals surface area contributed by atoms with Gasteiger partial charge in [-0.2, -0.15) is 0 Å². The maximum atomic E-state index is 10.0. The summed E-state index contributed by atoms with van der Waals surface area (Å²) in [5.74, 6) is 0. The highest BCUT2D eigenvalue weighted by Crippen LogP contribution is 2.21. The minimum absolute atomic E-state index is 0.296. The van der Waals surface area contributed by atoms with Crippen molar-refractivity contribution in [3.8, 4) is 0 Å². The van der Waals surface area contributed by atoms with Crippen molar-refractivity contribution in [1.29, 1.82) is 0 Å². The van der Waals surface area contributed by atoms with Crippen LogP contribution in [0.1, 0.15) is 12.8 Å². The van der Waals surface area contributed by atoms with Crippen LogP contribution >= 0.6 is 0 Å². The number of carbonyl (C=O) groups is 2. The zero-order valence-corrected chi connectivity index (χ0v) is 6.50. The van der Waals surface area contributed by atoms with E-state index in [2.05, 4.69) is 9.47 Å². The Morgan fingerprint density at radius 3 is 1.77 bits per heavy atom. The fraction of sp³-hybridized carbons (Fsp3) is 0.667. The molecule has 74 valence electrons. The Kier molecular flexibility index (Phi) is 2.91. The van der Waals surface area contributed by atoms with Gasteiger partial charge in [0.05, 0.1) is 0 Å². The van der Waals surface area contributed by atoms with E-state index >= 15 is 0 Å². The van der Waals surface area contributed by atoms with Gasteiger partial charge in [-0.05, 0) is 0 Å². The van der Waals surface area contributed by atoms with Gasteiger partial charge in [-0.1, -0.05) is 0 Å². The zero-order chi connectivity index (χ0) is 9.84. The molecule has 1 rings (SSSR count). The number of hydrogen-bond acceptors (Lipinski definition) is 5. The van der Waals surface area contributed by atoms with Gasteiger partial charge in [-0.15, -0.1) is 0 Å². The van der Waals surface area contributed by atoms with Crippen LogP contribution in [-0.4, -0.2) is 35.1 Å². The van der Waals surface area contributed by atoms with Crippen LogP contribution in [0.2, 0.25) is 0 Å². The molecular weight excluding hydrogens is 184 g/mol. The third-order valence-corrected chi connectivity index (χ3v) is 1.41. The normalized spacial score (nSPS) is 26.8. The molecule has 0 spiro atoms. The van der Waals surface area contributed by atoms with Gasteiger partial charge in [-0.3, -0.25) is 0 Å². The Labute approximate surface area is 72.8 Å². The lowest BCUT2D eigenvalue weighted by Gasteiger charge is -2.10. The monoisotopic (exact) mass is 192 g/mol. The van der Waals surface area contributed by atoms with Crippen molar-refractivity contribution in [2.75, 3.05) is 0 Å². The van der Waals surface area contributed by atoms with Gasteiger partial charge in [0.1, 0.15) is 0 Å². The molecule has 0 aliphatic carbocycles. The molecule has 0 aromatic rings. The van der Waals surface area contributed by atoms with Crippen molar-refractivity contribution in [2.45, 2.75) is 25.4 Å². The van der Waals surface area contributed by atoms with Crippen molar-refractivity contribution in [3.05, 3.63) is 0 Å². The predicted molar refractivity (Wildman–Crippen MR) is 36.1 cm³/mol. The second kappa shape index (κ2) is 3.94. The lowest BCUT2D eigenvalue weighted by Crippen LogP contribution is -2.20. The first-order valence-electron chi connectivity index (χ1n) is 3.52. The highest BCUT2D eigenvalue weighted by molar-refractivity contribution is 5.57. The van der Waals surface area contributed by atoms with Crippen molar-refractivity contribution >= 4 is 12.3 Å². The summed E-state index contributed by atoms with van der Waals surface area (Å²) in [6, 6.07) is 0. The average Bonchev–Trinajstić information content (AvgIpc) is 2.33. The number of carboxylic acid groups (broad SMARTS) is 2. The number of hydrogen-bond donors (Lipinski definition) is 2. The van der Waals surface area contributed by atoms with E-state index in [-0.39, 0.29) is 0 Å². The highest BCUT2D eigenvalue weighted by Gasteiger charge is 2.30. The van der Waals surface area contributed by atoms with E-state index in [0.717, 1.165) is 0 Å². The fourth-order valence-corrected chi connectivity index (χ4v) is 0.976. The average molecular weight is 192 g/mol. The lowest BCUT2D eigenvalue weighted by atomic mass is 10.3. The third-order valence-electron chi connectivity index (χ3n) is 1.41. The van der Waals surface area contributed by atoms with Crippen LogP contribution < -0.4 is 0 Å². The molecule has 0 radical (unpaired) electrons. The summed E-state index contributed by atoms with van der Waals surface area (Å²) in [7, 11) is 0. The predicted octanol–water partition coefficient (Wildman–Crippen LogP) is 0.838. The van der Waals surface area contributed by atoms with Gasteiger partial charge >= 0.3 is 12.3 Å². The Bertz CT molecular complexity index is 191. The number of ether oxygens (including phenoxy) is 3. The van der Waals surface area contributed by atoms with Crippen molar-refractivity contribution in [3.63, 3.8) is 0 Å². The molecule has 1 aliphatic heterocycles. The minimum atomic E-state index is -1.46. The standard InChI is InChI=1S/C6H8O7/c7-5(8)12-3-1-2-4(11-3)13-6(9)10/h3-4H,1-2H2,(H,7,8)(H,9,10)/t3-,4+. The molecule has 1 heterocycles. The molecule has 2 N–H and O–H groups in total. The van der Waals surface area contributed by atoms with Crippen LogP contribution in [-0.2, 0) is 14.2 Å². The quantitative estimate of drug-likeness (QED) is 0.624. The second-order valence-electron chi connectivity index (χ2n) is 2.34. The fourth-order valence-electron chi connectivity index (χ4n) is 0.976. The summed E-state index contributed by atoms with van der Waals surface area (Å²) in [4.78, 5) is 20.0. The molecule has 1 saturated heterocycles. The van der Waals surface area contributed by atoms with Gasteiger partial charge in [0.15, 0.2) is 0 Å². The molecule has 0 bridgehead atoms. The summed E-state index contributed by atoms with van der Waals surface area (Å²) in [5.41, 5.74) is 0. The van der Waals surface area contributed by atoms with Crippen LogP contribution in [0, 0.1) is 0 Å². The van der Waals surface area contributed by atoms with E-state index in [0.29, 0.717) is 12.8 Å². The van der Waals surface area contributed by atoms with Crippen molar-refractivity contribution in [2.24, 2.45) is 0 Å². The topological polar surface area (TPSA) is 102 Å². The van der Waals surface area contributed by atoms with Gasteiger partial charge in [-0.25, -0.2) is 9.59 Å². The molecule has 0 aromatic carbocycles. The molecular formula is C6H8O7. The lowest BCUT2D eigenvalue weighted by molar-refractivity contribution is -0.173. The number of rotatable bonds is 2. The molecule has 0 saturated carbocycles. The molecule has 1 fully saturated rings. The van der Waals surface area contributed by atoms with Crippen LogP contribution in [0.15, 0.2) is 0 Å². The van der Waals surface area contributed by atoms with Gasteiger partial charge in [0.25, 0.3) is 0 Å². The maximum absolute atomic E-state index is 10.0. The van der Waals surface area contributed by atoms with Gasteiger partial charge in [0.2, 0.25) is 12.6 Å². The van der Waals surface area contributed by atoms with E-state index in [1.54, 1.807) is 0 Å².